The van der Waals surface area contributed by atoms with Crippen LogP contribution in [0.3, 0.4) is 0 Å². The number of morpholine rings is 1. The predicted octanol–water partition coefficient (Wildman–Crippen LogP) is 4.49. The number of benzene rings is 2. The number of carbonyl (C=O) groups is 2. The number of anilines is 2. The minimum absolute atomic E-state index is 0.133. The predicted molar refractivity (Wildman–Crippen MR) is 162 cm³/mol. The van der Waals surface area contributed by atoms with E-state index in [0.29, 0.717) is 65.7 Å². The third-order valence-corrected chi connectivity index (χ3v) is 8.07. The number of fused-ring (bicyclic) bond motifs is 1. The zero-order chi connectivity index (χ0) is 29.8. The molecule has 43 heavy (non-hydrogen) atoms. The van der Waals surface area contributed by atoms with E-state index in [9.17, 15) is 14.7 Å². The summed E-state index contributed by atoms with van der Waals surface area (Å²) in [6.45, 7) is 1.90. The van der Waals surface area contributed by atoms with Crippen LogP contribution < -0.4 is 10.6 Å². The van der Waals surface area contributed by atoms with Gasteiger partial charge in [0.25, 0.3) is 11.8 Å². The molecular weight excluding hydrogens is 548 g/mol. The number of aromatic hydroxyl groups is 1. The maximum absolute atomic E-state index is 13.0. The van der Waals surface area contributed by atoms with Gasteiger partial charge in [0.2, 0.25) is 5.95 Å². The highest BCUT2D eigenvalue weighted by Crippen LogP contribution is 2.34. The molecule has 0 bridgehead atoms. The topological polar surface area (TPSA) is 139 Å². The van der Waals surface area contributed by atoms with E-state index in [2.05, 4.69) is 20.6 Å². The summed E-state index contributed by atoms with van der Waals surface area (Å²) in [7, 11) is 1.75. The molecule has 2 aromatic heterocycles. The minimum Gasteiger partial charge on any atom is -0.507 e. The van der Waals surface area contributed by atoms with E-state index in [1.165, 1.54) is 0 Å². The smallest absolute Gasteiger partial charge is 0.257 e. The molecule has 0 radical (unpaired) electrons. The van der Waals surface area contributed by atoms with Crippen LogP contribution in [0, 0.1) is 0 Å². The third-order valence-electron chi connectivity index (χ3n) is 8.07. The molecule has 1 saturated heterocycles. The fourth-order valence-electron chi connectivity index (χ4n) is 5.61. The molecule has 1 aliphatic carbocycles. The first-order chi connectivity index (χ1) is 21.0. The largest absolute Gasteiger partial charge is 0.507 e. The number of methoxy groups -OCH3 is 1. The summed E-state index contributed by atoms with van der Waals surface area (Å²) in [5.41, 5.74) is 2.52. The molecule has 0 atom stereocenters. The van der Waals surface area contributed by atoms with E-state index in [-0.39, 0.29) is 35.3 Å². The van der Waals surface area contributed by atoms with Gasteiger partial charge in [-0.05, 0) is 55.5 Å². The number of aromatic nitrogens is 3. The summed E-state index contributed by atoms with van der Waals surface area (Å²) in [5, 5.41) is 17.8. The number of ether oxygens (including phenoxy) is 2. The monoisotopic (exact) mass is 582 g/mol. The summed E-state index contributed by atoms with van der Waals surface area (Å²) in [6.07, 6.45) is 7.33. The number of hydrogen-bond acceptors (Lipinski definition) is 9. The van der Waals surface area contributed by atoms with Crippen LogP contribution in [0.25, 0.3) is 22.0 Å². The number of amides is 2. The molecule has 1 saturated carbocycles. The van der Waals surface area contributed by atoms with Gasteiger partial charge in [-0.2, -0.15) is 0 Å². The van der Waals surface area contributed by atoms with Crippen molar-refractivity contribution in [2.24, 2.45) is 0 Å². The average Bonchev–Trinajstić information content (AvgIpc) is 3.05. The molecule has 2 amide bonds. The maximum Gasteiger partial charge on any atom is 0.257 e. The van der Waals surface area contributed by atoms with Crippen LogP contribution in [0.5, 0.6) is 5.75 Å². The van der Waals surface area contributed by atoms with Crippen molar-refractivity contribution in [1.82, 2.24) is 19.9 Å². The van der Waals surface area contributed by atoms with E-state index in [1.54, 1.807) is 66.9 Å². The van der Waals surface area contributed by atoms with Gasteiger partial charge in [0.1, 0.15) is 11.6 Å². The standard InChI is InChI=1S/C32H34N6O5/c1-42-23-10-8-22(9-11-23)35-32-34-19-26-28(36-32)25(18-33-29(26)37-30(40)20-5-3-2-4-6-20)21-7-12-24(27(39)17-21)31(41)38-13-15-43-16-14-38/h2-7,12,17-19,22-23,39H,8-11,13-16H2,1H3,(H,33,37,40)(H,34,35,36)/t22-,23-. The highest BCUT2D eigenvalue weighted by atomic mass is 16.5. The molecule has 11 nitrogen and oxygen atoms in total. The summed E-state index contributed by atoms with van der Waals surface area (Å²) in [6, 6.07) is 14.0. The van der Waals surface area contributed by atoms with Crippen molar-refractivity contribution < 1.29 is 24.2 Å². The van der Waals surface area contributed by atoms with Gasteiger partial charge in [-0.3, -0.25) is 9.59 Å². The Bertz CT molecular complexity index is 1620. The fourth-order valence-corrected chi connectivity index (χ4v) is 5.61. The third kappa shape index (κ3) is 6.27. The first-order valence-electron chi connectivity index (χ1n) is 14.5. The molecule has 3 N–H and O–H groups in total. The number of pyridine rings is 1. The molecule has 0 spiro atoms. The van der Waals surface area contributed by atoms with Gasteiger partial charge >= 0.3 is 0 Å². The van der Waals surface area contributed by atoms with Crippen molar-refractivity contribution in [3.05, 3.63) is 72.1 Å². The minimum atomic E-state index is -0.303. The Hall–Kier alpha value is -4.61. The lowest BCUT2D eigenvalue weighted by Gasteiger charge is -2.28. The van der Waals surface area contributed by atoms with Gasteiger partial charge in [0, 0.05) is 49.8 Å². The molecule has 2 aromatic carbocycles. The Morgan fingerprint density at radius 2 is 1.77 bits per heavy atom. The molecule has 3 heterocycles. The molecule has 11 heteroatoms. The lowest BCUT2D eigenvalue weighted by molar-refractivity contribution is 0.0301. The number of phenols is 1. The Morgan fingerprint density at radius 3 is 2.49 bits per heavy atom. The molecule has 2 fully saturated rings. The Balaban J connectivity index is 1.34. The van der Waals surface area contributed by atoms with Crippen LogP contribution in [-0.2, 0) is 9.47 Å². The normalized spacial score (nSPS) is 18.8. The van der Waals surface area contributed by atoms with Gasteiger partial charge in [-0.15, -0.1) is 0 Å². The van der Waals surface area contributed by atoms with E-state index in [0.717, 1.165) is 25.7 Å². The second-order valence-electron chi connectivity index (χ2n) is 10.8. The fraction of sp³-hybridized carbons (Fsp3) is 0.344. The van der Waals surface area contributed by atoms with Crippen LogP contribution >= 0.6 is 0 Å². The number of hydrogen-bond donors (Lipinski definition) is 3. The van der Waals surface area contributed by atoms with E-state index in [1.807, 2.05) is 6.07 Å². The molecular formula is C32H34N6O5. The van der Waals surface area contributed by atoms with Crippen molar-refractivity contribution in [3.63, 3.8) is 0 Å². The molecule has 1 aliphatic heterocycles. The molecule has 0 unspecified atom stereocenters. The van der Waals surface area contributed by atoms with Crippen LogP contribution in [0.4, 0.5) is 11.8 Å². The summed E-state index contributed by atoms with van der Waals surface area (Å²) in [5.74, 6) is 0.104. The summed E-state index contributed by atoms with van der Waals surface area (Å²) in [4.78, 5) is 41.7. The molecule has 4 aromatic rings. The lowest BCUT2D eigenvalue weighted by Crippen LogP contribution is -2.40. The van der Waals surface area contributed by atoms with Crippen molar-refractivity contribution >= 4 is 34.5 Å². The van der Waals surface area contributed by atoms with Crippen molar-refractivity contribution in [2.45, 2.75) is 37.8 Å². The highest BCUT2D eigenvalue weighted by molar-refractivity contribution is 6.09. The van der Waals surface area contributed by atoms with Crippen molar-refractivity contribution in [1.29, 1.82) is 0 Å². The quantitative estimate of drug-likeness (QED) is 0.288. The highest BCUT2D eigenvalue weighted by Gasteiger charge is 2.24. The zero-order valence-corrected chi connectivity index (χ0v) is 24.0. The first-order valence-corrected chi connectivity index (χ1v) is 14.5. The summed E-state index contributed by atoms with van der Waals surface area (Å²) < 4.78 is 10.9. The number of nitrogens with zero attached hydrogens (tertiary/aromatic N) is 4. The van der Waals surface area contributed by atoms with E-state index in [4.69, 9.17) is 14.5 Å². The maximum atomic E-state index is 13.0. The van der Waals surface area contributed by atoms with Gasteiger partial charge in [-0.1, -0.05) is 24.3 Å². The van der Waals surface area contributed by atoms with Crippen LogP contribution in [0.1, 0.15) is 46.4 Å². The molecule has 222 valence electrons. The van der Waals surface area contributed by atoms with Gasteiger partial charge in [-0.25, -0.2) is 15.0 Å². The average molecular weight is 583 g/mol. The van der Waals surface area contributed by atoms with Crippen LogP contribution in [-0.4, -0.2) is 82.3 Å². The number of carbonyl (C=O) groups excluding carboxylic acids is 2. The lowest BCUT2D eigenvalue weighted by atomic mass is 9.93. The second kappa shape index (κ2) is 12.7. The Labute approximate surface area is 249 Å². The van der Waals surface area contributed by atoms with Crippen molar-refractivity contribution in [2.75, 3.05) is 44.0 Å². The van der Waals surface area contributed by atoms with Crippen molar-refractivity contribution in [3.8, 4) is 16.9 Å². The zero-order valence-electron chi connectivity index (χ0n) is 24.0. The van der Waals surface area contributed by atoms with E-state index >= 15 is 0 Å². The van der Waals surface area contributed by atoms with Gasteiger partial charge < -0.3 is 30.1 Å². The van der Waals surface area contributed by atoms with Gasteiger partial charge in [0.15, 0.2) is 0 Å². The SMILES string of the molecule is CO[C@H]1CC[C@H](Nc2ncc3c(NC(=O)c4ccccc4)ncc(-c4ccc(C(=O)N5CCOCC5)c(O)c4)c3n2)CC1. The Kier molecular flexibility index (Phi) is 8.43. The number of phenolic OH excluding ortho intramolecular Hbond substituents is 1. The van der Waals surface area contributed by atoms with Crippen LogP contribution in [0.15, 0.2) is 60.9 Å². The second-order valence-corrected chi connectivity index (χ2v) is 10.8. The molecule has 6 rings (SSSR count). The van der Waals surface area contributed by atoms with E-state index < -0.39 is 0 Å². The summed E-state index contributed by atoms with van der Waals surface area (Å²) >= 11 is 0. The number of nitrogens with one attached hydrogen (secondary N) is 2. The molecule has 2 aliphatic rings. The number of rotatable bonds is 7. The van der Waals surface area contributed by atoms with Gasteiger partial charge in [0.05, 0.1) is 35.8 Å². The van der Waals surface area contributed by atoms with Crippen LogP contribution in [0.2, 0.25) is 0 Å². The first kappa shape index (κ1) is 28.5. The Morgan fingerprint density at radius 1 is 1.00 bits per heavy atom.